The van der Waals surface area contributed by atoms with Crippen LogP contribution in [0, 0.1) is 29.6 Å². The van der Waals surface area contributed by atoms with Gasteiger partial charge in [-0.15, -0.1) is 0 Å². The van der Waals surface area contributed by atoms with Gasteiger partial charge in [0.05, 0.1) is 5.92 Å². The number of likely N-dealkylation sites (tertiary alicyclic amines) is 1. The number of carboxylic acids is 1. The molecule has 0 spiro atoms. The van der Waals surface area contributed by atoms with Crippen LogP contribution in [0.15, 0.2) is 48.5 Å². The van der Waals surface area contributed by atoms with Gasteiger partial charge in [-0.05, 0) is 65.2 Å². The average Bonchev–Trinajstić information content (AvgIpc) is 3.59. The van der Waals surface area contributed by atoms with Gasteiger partial charge in [0.2, 0.25) is 0 Å². The lowest BCUT2D eigenvalue weighted by Gasteiger charge is -2.29. The summed E-state index contributed by atoms with van der Waals surface area (Å²) >= 11 is 0. The van der Waals surface area contributed by atoms with E-state index < -0.39 is 11.9 Å². The molecule has 1 amide bonds. The average molecular weight is 432 g/mol. The van der Waals surface area contributed by atoms with Crippen molar-refractivity contribution in [1.29, 1.82) is 0 Å². The first-order chi connectivity index (χ1) is 15.6. The summed E-state index contributed by atoms with van der Waals surface area (Å²) in [6.45, 7) is 1.06. The standard InChI is InChI=1S/C27H29NO4/c29-26(30)24-14-28(13-23(24)22-12-16-9-10-17(22)11-16)27(31)32-15-25-20-7-3-1-5-18(20)19-6-2-4-8-21(19)25/h1-8,16-17,22-25H,9-15H2,(H,29,30). The Morgan fingerprint density at radius 2 is 1.59 bits per heavy atom. The predicted octanol–water partition coefficient (Wildman–Crippen LogP) is 5.00. The summed E-state index contributed by atoms with van der Waals surface area (Å²) in [4.78, 5) is 26.7. The molecule has 5 unspecified atom stereocenters. The molecule has 5 heteroatoms. The minimum absolute atomic E-state index is 0.0191. The number of benzene rings is 2. The molecular weight excluding hydrogens is 402 g/mol. The number of aliphatic carboxylic acids is 1. The van der Waals surface area contributed by atoms with Crippen LogP contribution in [0.5, 0.6) is 0 Å². The maximum absolute atomic E-state index is 13.0. The van der Waals surface area contributed by atoms with Crippen molar-refractivity contribution in [3.63, 3.8) is 0 Å². The highest BCUT2D eigenvalue weighted by Gasteiger charge is 2.51. The number of hydrogen-bond donors (Lipinski definition) is 1. The smallest absolute Gasteiger partial charge is 0.409 e. The van der Waals surface area contributed by atoms with Crippen molar-refractivity contribution in [2.45, 2.75) is 31.6 Å². The van der Waals surface area contributed by atoms with Crippen molar-refractivity contribution in [3.05, 3.63) is 59.7 Å². The Morgan fingerprint density at radius 3 is 2.19 bits per heavy atom. The molecule has 166 valence electrons. The highest BCUT2D eigenvalue weighted by Crippen LogP contribution is 2.53. The topological polar surface area (TPSA) is 66.8 Å². The van der Waals surface area contributed by atoms with E-state index >= 15 is 0 Å². The fourth-order valence-corrected chi connectivity index (χ4v) is 7.18. The van der Waals surface area contributed by atoms with E-state index in [0.717, 1.165) is 12.3 Å². The van der Waals surface area contributed by atoms with Crippen LogP contribution < -0.4 is 0 Å². The molecule has 1 N–H and O–H groups in total. The van der Waals surface area contributed by atoms with Gasteiger partial charge in [0.25, 0.3) is 0 Å². The molecule has 1 aliphatic heterocycles. The summed E-state index contributed by atoms with van der Waals surface area (Å²) in [5.41, 5.74) is 4.78. The second kappa shape index (κ2) is 7.65. The first-order valence-corrected chi connectivity index (χ1v) is 11.9. The van der Waals surface area contributed by atoms with Crippen LogP contribution in [0.1, 0.15) is 42.7 Å². The van der Waals surface area contributed by atoms with Crippen LogP contribution in [0.2, 0.25) is 0 Å². The Kier molecular flexibility index (Phi) is 4.74. The molecule has 0 aromatic heterocycles. The molecule has 2 aromatic carbocycles. The molecule has 4 aliphatic rings. The zero-order valence-electron chi connectivity index (χ0n) is 18.2. The minimum Gasteiger partial charge on any atom is -0.481 e. The SMILES string of the molecule is O=C(O)C1CN(C(=O)OCC2c3ccccc3-c3ccccc32)CC1C1CC2CCC1C2. The molecule has 1 heterocycles. The van der Waals surface area contributed by atoms with Gasteiger partial charge in [-0.25, -0.2) is 4.79 Å². The van der Waals surface area contributed by atoms with Crippen LogP contribution in [-0.4, -0.2) is 41.8 Å². The van der Waals surface area contributed by atoms with Gasteiger partial charge in [0, 0.05) is 19.0 Å². The number of hydrogen-bond acceptors (Lipinski definition) is 3. The first-order valence-electron chi connectivity index (χ1n) is 11.9. The summed E-state index contributed by atoms with van der Waals surface area (Å²) in [5, 5.41) is 9.86. The van der Waals surface area contributed by atoms with Crippen molar-refractivity contribution in [3.8, 4) is 11.1 Å². The van der Waals surface area contributed by atoms with Gasteiger partial charge in [-0.3, -0.25) is 4.79 Å². The maximum atomic E-state index is 13.0. The Labute approximate surface area is 188 Å². The van der Waals surface area contributed by atoms with Crippen molar-refractivity contribution in [2.75, 3.05) is 19.7 Å². The number of carbonyl (C=O) groups is 2. The lowest BCUT2D eigenvalue weighted by molar-refractivity contribution is -0.143. The van der Waals surface area contributed by atoms with E-state index in [1.807, 2.05) is 24.3 Å². The van der Waals surface area contributed by atoms with Crippen molar-refractivity contribution < 1.29 is 19.4 Å². The van der Waals surface area contributed by atoms with Gasteiger partial charge >= 0.3 is 12.1 Å². The molecule has 5 nitrogen and oxygen atoms in total. The molecule has 32 heavy (non-hydrogen) atoms. The number of ether oxygens (including phenoxy) is 1. The quantitative estimate of drug-likeness (QED) is 0.739. The van der Waals surface area contributed by atoms with E-state index in [1.54, 1.807) is 4.90 Å². The third-order valence-corrected chi connectivity index (χ3v) is 8.62. The van der Waals surface area contributed by atoms with E-state index in [-0.39, 0.29) is 31.1 Å². The zero-order valence-corrected chi connectivity index (χ0v) is 18.2. The molecule has 2 bridgehead atoms. The molecule has 2 aromatic rings. The Hall–Kier alpha value is -2.82. The number of rotatable bonds is 4. The van der Waals surface area contributed by atoms with Gasteiger partial charge in [0.15, 0.2) is 0 Å². The van der Waals surface area contributed by atoms with Crippen LogP contribution in [0.3, 0.4) is 0 Å². The van der Waals surface area contributed by atoms with Gasteiger partial charge in [-0.2, -0.15) is 0 Å². The van der Waals surface area contributed by atoms with E-state index in [0.29, 0.717) is 18.4 Å². The highest BCUT2D eigenvalue weighted by molar-refractivity contribution is 5.79. The maximum Gasteiger partial charge on any atom is 0.409 e. The van der Waals surface area contributed by atoms with E-state index in [1.165, 1.54) is 41.5 Å². The summed E-state index contributed by atoms with van der Waals surface area (Å²) in [7, 11) is 0. The number of carbonyl (C=O) groups excluding carboxylic acids is 1. The molecule has 0 radical (unpaired) electrons. The second-order valence-electron chi connectivity index (χ2n) is 10.2. The van der Waals surface area contributed by atoms with Crippen molar-refractivity contribution in [2.24, 2.45) is 29.6 Å². The fourth-order valence-electron chi connectivity index (χ4n) is 7.18. The number of fused-ring (bicyclic) bond motifs is 5. The van der Waals surface area contributed by atoms with Gasteiger partial charge < -0.3 is 14.7 Å². The second-order valence-corrected chi connectivity index (χ2v) is 10.2. The van der Waals surface area contributed by atoms with Crippen molar-refractivity contribution >= 4 is 12.1 Å². The first kappa shape index (κ1) is 19.8. The number of carboxylic acid groups (broad SMARTS) is 1. The third-order valence-electron chi connectivity index (χ3n) is 8.62. The summed E-state index contributed by atoms with van der Waals surface area (Å²) in [6.07, 6.45) is 4.53. The lowest BCUT2D eigenvalue weighted by atomic mass is 9.75. The lowest BCUT2D eigenvalue weighted by Crippen LogP contribution is -2.32. The third kappa shape index (κ3) is 3.13. The Morgan fingerprint density at radius 1 is 0.906 bits per heavy atom. The van der Waals surface area contributed by atoms with E-state index in [4.69, 9.17) is 4.74 Å². The van der Waals surface area contributed by atoms with Gasteiger partial charge in [0.1, 0.15) is 6.61 Å². The predicted molar refractivity (Wildman–Crippen MR) is 120 cm³/mol. The normalized spacial score (nSPS) is 30.4. The molecule has 6 rings (SSSR count). The molecule has 2 saturated carbocycles. The van der Waals surface area contributed by atoms with Gasteiger partial charge in [-0.1, -0.05) is 55.0 Å². The van der Waals surface area contributed by atoms with Crippen LogP contribution in [0.25, 0.3) is 11.1 Å². The molecular formula is C27H29NO4. The monoisotopic (exact) mass is 431 g/mol. The minimum atomic E-state index is -0.772. The molecule has 3 fully saturated rings. The zero-order chi connectivity index (χ0) is 21.8. The van der Waals surface area contributed by atoms with Crippen LogP contribution in [-0.2, 0) is 9.53 Å². The summed E-state index contributed by atoms with van der Waals surface area (Å²) < 4.78 is 5.82. The van der Waals surface area contributed by atoms with E-state index in [9.17, 15) is 14.7 Å². The van der Waals surface area contributed by atoms with E-state index in [2.05, 4.69) is 24.3 Å². The molecule has 3 aliphatic carbocycles. The highest BCUT2D eigenvalue weighted by atomic mass is 16.6. The van der Waals surface area contributed by atoms with Crippen LogP contribution >= 0.6 is 0 Å². The largest absolute Gasteiger partial charge is 0.481 e. The van der Waals surface area contributed by atoms with Crippen molar-refractivity contribution in [1.82, 2.24) is 4.90 Å². The molecule has 5 atom stereocenters. The molecule has 1 saturated heterocycles. The Bertz CT molecular complexity index is 1020. The van der Waals surface area contributed by atoms with Crippen LogP contribution in [0.4, 0.5) is 4.79 Å². The number of nitrogens with zero attached hydrogens (tertiary/aromatic N) is 1. The fraction of sp³-hybridized carbons (Fsp3) is 0.481. The summed E-state index contributed by atoms with van der Waals surface area (Å²) in [6, 6.07) is 16.6. The summed E-state index contributed by atoms with van der Waals surface area (Å²) in [5.74, 6) is 0.693. The Balaban J connectivity index is 1.16. The number of amides is 1.